The highest BCUT2D eigenvalue weighted by Gasteiger charge is 2.20. The molecule has 0 atom stereocenters. The fraction of sp³-hybridized carbons (Fsp3) is 0. The van der Waals surface area contributed by atoms with Gasteiger partial charge < -0.3 is 11.1 Å². The molecule has 1 aromatic carbocycles. The first-order valence-corrected chi connectivity index (χ1v) is 7.19. The summed E-state index contributed by atoms with van der Waals surface area (Å²) in [5.74, 6) is 0. The second-order valence-electron chi connectivity index (χ2n) is 4.95. The lowest BCUT2D eigenvalue weighted by Crippen LogP contribution is -2.09. The minimum atomic E-state index is 0.409. The van der Waals surface area contributed by atoms with Gasteiger partial charge in [0.2, 0.25) is 0 Å². The standard InChI is InChI=1S/C18H12N6/c19-23-17(13-4-8-21-9-5-13)15-2-1-3-16(12-15)18(24-20)14-6-10-22-11-7-14/h1-12H. The summed E-state index contributed by atoms with van der Waals surface area (Å²) in [6.07, 6.45) is 6.51. The SMILES string of the molecule is [N-]=[N+]=C(c1ccncc1)c1cccc(C(=[N+]=[N-])c2ccncc2)c1. The van der Waals surface area contributed by atoms with Crippen LogP contribution in [0.2, 0.25) is 0 Å². The van der Waals surface area contributed by atoms with E-state index in [-0.39, 0.29) is 0 Å². The van der Waals surface area contributed by atoms with E-state index in [4.69, 9.17) is 0 Å². The van der Waals surface area contributed by atoms with Gasteiger partial charge in [-0.25, -0.2) is 0 Å². The lowest BCUT2D eigenvalue weighted by atomic mass is 9.97. The van der Waals surface area contributed by atoms with Gasteiger partial charge in [-0.1, -0.05) is 6.07 Å². The highest BCUT2D eigenvalue weighted by atomic mass is 14.9. The lowest BCUT2D eigenvalue weighted by Gasteiger charge is -2.00. The Morgan fingerprint density at radius 3 is 1.42 bits per heavy atom. The average Bonchev–Trinajstić information content (AvgIpc) is 2.65. The molecule has 6 heteroatoms. The van der Waals surface area contributed by atoms with Crippen LogP contribution >= 0.6 is 0 Å². The molecule has 24 heavy (non-hydrogen) atoms. The number of rotatable bonds is 4. The van der Waals surface area contributed by atoms with Gasteiger partial charge in [0.05, 0.1) is 22.3 Å². The Hall–Kier alpha value is -3.72. The molecule has 0 spiro atoms. The van der Waals surface area contributed by atoms with Crippen molar-refractivity contribution in [2.24, 2.45) is 0 Å². The Morgan fingerprint density at radius 1 is 0.625 bits per heavy atom. The molecule has 2 heterocycles. The molecule has 0 radical (unpaired) electrons. The van der Waals surface area contributed by atoms with Gasteiger partial charge in [-0.3, -0.25) is 9.97 Å². The zero-order valence-electron chi connectivity index (χ0n) is 12.6. The molecular weight excluding hydrogens is 300 g/mol. The van der Waals surface area contributed by atoms with E-state index in [1.165, 1.54) is 0 Å². The maximum absolute atomic E-state index is 9.42. The van der Waals surface area contributed by atoms with Crippen LogP contribution in [0.3, 0.4) is 0 Å². The third kappa shape index (κ3) is 3.05. The molecule has 2 aromatic heterocycles. The maximum Gasteiger partial charge on any atom is 0.329 e. The minimum Gasteiger partial charge on any atom is -0.361 e. The third-order valence-electron chi connectivity index (χ3n) is 3.52. The van der Waals surface area contributed by atoms with Crippen molar-refractivity contribution < 1.29 is 9.58 Å². The van der Waals surface area contributed by atoms with Crippen molar-refractivity contribution in [2.45, 2.75) is 0 Å². The van der Waals surface area contributed by atoms with Gasteiger partial charge in [0.15, 0.2) is 0 Å². The van der Waals surface area contributed by atoms with Crippen molar-refractivity contribution in [3.63, 3.8) is 0 Å². The second-order valence-corrected chi connectivity index (χ2v) is 4.95. The van der Waals surface area contributed by atoms with Crippen molar-refractivity contribution in [1.29, 1.82) is 0 Å². The van der Waals surface area contributed by atoms with Crippen molar-refractivity contribution in [3.05, 3.63) is 107 Å². The molecule has 0 aliphatic carbocycles. The van der Waals surface area contributed by atoms with Crippen LogP contribution in [0.1, 0.15) is 22.3 Å². The van der Waals surface area contributed by atoms with Crippen molar-refractivity contribution in [1.82, 2.24) is 9.97 Å². The molecule has 0 saturated carbocycles. The molecule has 0 bridgehead atoms. The van der Waals surface area contributed by atoms with E-state index in [0.29, 0.717) is 22.6 Å². The quantitative estimate of drug-likeness (QED) is 0.420. The van der Waals surface area contributed by atoms with Crippen molar-refractivity contribution in [3.8, 4) is 0 Å². The van der Waals surface area contributed by atoms with Gasteiger partial charge in [0, 0.05) is 24.8 Å². The largest absolute Gasteiger partial charge is 0.361 e. The molecule has 0 unspecified atom stereocenters. The summed E-state index contributed by atoms with van der Waals surface area (Å²) in [6.45, 7) is 0. The van der Waals surface area contributed by atoms with Gasteiger partial charge >= 0.3 is 11.4 Å². The summed E-state index contributed by atoms with van der Waals surface area (Å²) in [5, 5.41) is 0. The van der Waals surface area contributed by atoms with Crippen LogP contribution in [0, 0.1) is 0 Å². The Labute approximate surface area is 138 Å². The fourth-order valence-electron chi connectivity index (χ4n) is 2.40. The summed E-state index contributed by atoms with van der Waals surface area (Å²) in [6, 6.07) is 14.3. The molecule has 3 rings (SSSR count). The summed E-state index contributed by atoms with van der Waals surface area (Å²) in [5.41, 5.74) is 22.5. The van der Waals surface area contributed by atoms with E-state index < -0.39 is 0 Å². The van der Waals surface area contributed by atoms with Gasteiger partial charge in [-0.15, -0.1) is 0 Å². The highest BCUT2D eigenvalue weighted by Crippen LogP contribution is 2.14. The Balaban J connectivity index is 2.07. The van der Waals surface area contributed by atoms with E-state index >= 15 is 0 Å². The van der Waals surface area contributed by atoms with Crippen LogP contribution in [0.25, 0.3) is 11.1 Å². The number of pyridine rings is 2. The van der Waals surface area contributed by atoms with Crippen LogP contribution in [-0.2, 0) is 0 Å². The molecular formula is C18H12N6. The molecule has 0 aliphatic rings. The number of benzene rings is 1. The summed E-state index contributed by atoms with van der Waals surface area (Å²) in [7, 11) is 0. The zero-order chi connectivity index (χ0) is 16.8. The predicted molar refractivity (Wildman–Crippen MR) is 88.6 cm³/mol. The van der Waals surface area contributed by atoms with Gasteiger partial charge in [-0.05, 0) is 42.5 Å². The highest BCUT2D eigenvalue weighted by molar-refractivity contribution is 6.13. The Morgan fingerprint density at radius 2 is 1.04 bits per heavy atom. The van der Waals surface area contributed by atoms with Crippen LogP contribution < -0.4 is 0 Å². The van der Waals surface area contributed by atoms with Gasteiger partial charge in [-0.2, -0.15) is 9.58 Å². The lowest BCUT2D eigenvalue weighted by molar-refractivity contribution is -0.00289. The first-order valence-electron chi connectivity index (χ1n) is 7.19. The molecule has 6 nitrogen and oxygen atoms in total. The topological polar surface area (TPSA) is 98.6 Å². The number of aromatic nitrogens is 2. The Kier molecular flexibility index (Phi) is 4.45. The number of nitrogens with zero attached hydrogens (tertiary/aromatic N) is 6. The van der Waals surface area contributed by atoms with Crippen LogP contribution in [0.15, 0.2) is 73.3 Å². The predicted octanol–water partition coefficient (Wildman–Crippen LogP) is 2.61. The summed E-state index contributed by atoms with van der Waals surface area (Å²) >= 11 is 0. The van der Waals surface area contributed by atoms with Crippen molar-refractivity contribution >= 4 is 11.4 Å². The molecule has 0 saturated heterocycles. The maximum atomic E-state index is 9.42. The van der Waals surface area contributed by atoms with E-state index in [9.17, 15) is 11.1 Å². The fourth-order valence-corrected chi connectivity index (χ4v) is 2.40. The minimum absolute atomic E-state index is 0.409. The monoisotopic (exact) mass is 312 g/mol. The molecule has 114 valence electrons. The zero-order valence-corrected chi connectivity index (χ0v) is 12.6. The van der Waals surface area contributed by atoms with Crippen LogP contribution in [-0.4, -0.2) is 31.0 Å². The van der Waals surface area contributed by atoms with Crippen molar-refractivity contribution in [2.75, 3.05) is 0 Å². The first-order chi connectivity index (χ1) is 11.8. The summed E-state index contributed by atoms with van der Waals surface area (Å²) < 4.78 is 0. The molecule has 0 N–H and O–H groups in total. The van der Waals surface area contributed by atoms with E-state index in [1.807, 2.05) is 18.2 Å². The number of hydrogen-bond acceptors (Lipinski definition) is 2. The number of hydrogen-bond donors (Lipinski definition) is 0. The molecule has 0 fully saturated rings. The van der Waals surface area contributed by atoms with Crippen LogP contribution in [0.5, 0.6) is 0 Å². The van der Waals surface area contributed by atoms with Gasteiger partial charge in [0.1, 0.15) is 0 Å². The van der Waals surface area contributed by atoms with E-state index in [1.54, 1.807) is 55.1 Å². The summed E-state index contributed by atoms with van der Waals surface area (Å²) in [4.78, 5) is 14.7. The normalized spacial score (nSPS) is 9.67. The molecule has 3 aromatic rings. The average molecular weight is 312 g/mol. The van der Waals surface area contributed by atoms with E-state index in [0.717, 1.165) is 11.1 Å². The van der Waals surface area contributed by atoms with E-state index in [2.05, 4.69) is 19.5 Å². The molecule has 0 amide bonds. The van der Waals surface area contributed by atoms with Gasteiger partial charge in [0.25, 0.3) is 0 Å². The first kappa shape index (κ1) is 15.2. The second kappa shape index (κ2) is 7.03. The Bertz CT molecular complexity index is 876. The molecule has 0 aliphatic heterocycles. The van der Waals surface area contributed by atoms with Crippen LogP contribution in [0.4, 0.5) is 0 Å². The smallest absolute Gasteiger partial charge is 0.329 e. The third-order valence-corrected chi connectivity index (χ3v) is 3.52.